The van der Waals surface area contributed by atoms with Crippen LogP contribution in [0, 0.1) is 17.8 Å². The van der Waals surface area contributed by atoms with Gasteiger partial charge in [0, 0.05) is 12.2 Å². The van der Waals surface area contributed by atoms with E-state index >= 15 is 0 Å². The zero-order chi connectivity index (χ0) is 15.9. The number of aromatic nitrogens is 2. The average molecular weight is 305 g/mol. The summed E-state index contributed by atoms with van der Waals surface area (Å²) >= 11 is 0. The number of carbonyl (C=O) groups excluding carboxylic acids is 1. The Balaban J connectivity index is 1.59. The number of carboxylic acid groups (broad SMARTS) is 1. The standard InChI is InChI=1S/C16H23N3O3/c1-9(13-8-11-3-4-12(13)7-11)17-15(20)10(2)19-6-5-14(18-19)16(21)22/h5-6,9-13H,3-4,7-8H2,1-2H3,(H,17,20)(H,21,22). The third-order valence-corrected chi connectivity index (χ3v) is 5.41. The smallest absolute Gasteiger partial charge is 0.356 e. The van der Waals surface area contributed by atoms with E-state index in [4.69, 9.17) is 5.11 Å². The molecule has 2 N–H and O–H groups in total. The molecule has 2 aliphatic rings. The number of nitrogens with zero attached hydrogens (tertiary/aromatic N) is 2. The second-order valence-corrected chi connectivity index (χ2v) is 6.80. The molecule has 0 radical (unpaired) electrons. The molecule has 0 spiro atoms. The third-order valence-electron chi connectivity index (χ3n) is 5.41. The molecule has 6 heteroatoms. The minimum absolute atomic E-state index is 0.0409. The SMILES string of the molecule is CC(NC(=O)C(C)n1ccc(C(=O)O)n1)C1CC2CCC1C2. The summed E-state index contributed by atoms with van der Waals surface area (Å²) in [6, 6.07) is 1.07. The second kappa shape index (κ2) is 5.74. The normalized spacial score (nSPS) is 29.3. The molecule has 0 saturated heterocycles. The number of aromatic carboxylic acids is 1. The Kier molecular flexibility index (Phi) is 3.93. The predicted octanol–water partition coefficient (Wildman–Crippen LogP) is 2.08. The predicted molar refractivity (Wildman–Crippen MR) is 80.4 cm³/mol. The minimum Gasteiger partial charge on any atom is -0.476 e. The van der Waals surface area contributed by atoms with Gasteiger partial charge in [-0.05, 0) is 56.9 Å². The van der Waals surface area contributed by atoms with E-state index in [2.05, 4.69) is 17.3 Å². The molecule has 1 heterocycles. The lowest BCUT2D eigenvalue weighted by atomic mass is 9.84. The molecule has 2 saturated carbocycles. The second-order valence-electron chi connectivity index (χ2n) is 6.80. The van der Waals surface area contributed by atoms with E-state index in [1.807, 2.05) is 0 Å². The first-order valence-electron chi connectivity index (χ1n) is 8.04. The van der Waals surface area contributed by atoms with Crippen LogP contribution in [0.4, 0.5) is 0 Å². The first-order valence-corrected chi connectivity index (χ1v) is 8.04. The Morgan fingerprint density at radius 1 is 1.36 bits per heavy atom. The summed E-state index contributed by atoms with van der Waals surface area (Å²) in [6.07, 6.45) is 6.73. The summed E-state index contributed by atoms with van der Waals surface area (Å²) in [4.78, 5) is 23.2. The van der Waals surface area contributed by atoms with Crippen LogP contribution in [0.15, 0.2) is 12.3 Å². The summed E-state index contributed by atoms with van der Waals surface area (Å²) in [7, 11) is 0. The number of rotatable bonds is 5. The van der Waals surface area contributed by atoms with Crippen molar-refractivity contribution in [1.29, 1.82) is 0 Å². The summed E-state index contributed by atoms with van der Waals surface area (Å²) in [5.74, 6) is 1.02. The van der Waals surface area contributed by atoms with Gasteiger partial charge in [-0.3, -0.25) is 9.48 Å². The Hall–Kier alpha value is -1.85. The molecular weight excluding hydrogens is 282 g/mol. The van der Waals surface area contributed by atoms with Gasteiger partial charge in [0.05, 0.1) is 0 Å². The number of nitrogens with one attached hydrogen (secondary N) is 1. The van der Waals surface area contributed by atoms with Crippen LogP contribution < -0.4 is 5.32 Å². The highest BCUT2D eigenvalue weighted by molar-refractivity contribution is 5.85. The Labute approximate surface area is 129 Å². The van der Waals surface area contributed by atoms with Gasteiger partial charge in [-0.2, -0.15) is 5.10 Å². The zero-order valence-electron chi connectivity index (χ0n) is 13.0. The molecule has 5 unspecified atom stereocenters. The molecule has 0 aliphatic heterocycles. The van der Waals surface area contributed by atoms with Gasteiger partial charge in [0.1, 0.15) is 6.04 Å². The van der Waals surface area contributed by atoms with Gasteiger partial charge < -0.3 is 10.4 Å². The Bertz CT molecular complexity index is 583. The van der Waals surface area contributed by atoms with Crippen LogP contribution in [0.25, 0.3) is 0 Å². The molecule has 22 heavy (non-hydrogen) atoms. The van der Waals surface area contributed by atoms with E-state index in [0.717, 1.165) is 11.8 Å². The maximum atomic E-state index is 12.4. The van der Waals surface area contributed by atoms with E-state index in [9.17, 15) is 9.59 Å². The molecule has 6 nitrogen and oxygen atoms in total. The van der Waals surface area contributed by atoms with Gasteiger partial charge in [0.2, 0.25) is 5.91 Å². The molecule has 2 bridgehead atoms. The van der Waals surface area contributed by atoms with Crippen LogP contribution in [-0.4, -0.2) is 32.8 Å². The van der Waals surface area contributed by atoms with E-state index in [1.165, 1.54) is 42.6 Å². The van der Waals surface area contributed by atoms with Crippen LogP contribution in [0.3, 0.4) is 0 Å². The van der Waals surface area contributed by atoms with Crippen LogP contribution in [0.2, 0.25) is 0 Å². The van der Waals surface area contributed by atoms with Crippen LogP contribution >= 0.6 is 0 Å². The molecule has 0 aromatic carbocycles. The van der Waals surface area contributed by atoms with Crippen molar-refractivity contribution in [2.45, 2.75) is 51.6 Å². The lowest BCUT2D eigenvalue weighted by molar-refractivity contribution is -0.125. The quantitative estimate of drug-likeness (QED) is 0.872. The number of hydrogen-bond donors (Lipinski definition) is 2. The van der Waals surface area contributed by atoms with Crippen molar-refractivity contribution < 1.29 is 14.7 Å². The monoisotopic (exact) mass is 305 g/mol. The first-order chi connectivity index (χ1) is 10.5. The van der Waals surface area contributed by atoms with E-state index in [0.29, 0.717) is 5.92 Å². The minimum atomic E-state index is -1.08. The van der Waals surface area contributed by atoms with Crippen molar-refractivity contribution in [3.05, 3.63) is 18.0 Å². The van der Waals surface area contributed by atoms with Crippen LogP contribution in [0.1, 0.15) is 56.1 Å². The highest BCUT2D eigenvalue weighted by Crippen LogP contribution is 2.49. The number of amides is 1. The van der Waals surface area contributed by atoms with Gasteiger partial charge in [-0.25, -0.2) is 4.79 Å². The molecule has 1 amide bonds. The molecule has 2 aliphatic carbocycles. The van der Waals surface area contributed by atoms with Crippen molar-refractivity contribution >= 4 is 11.9 Å². The number of carboxylic acids is 1. The zero-order valence-corrected chi connectivity index (χ0v) is 13.0. The molecule has 1 aromatic heterocycles. The van der Waals surface area contributed by atoms with Gasteiger partial charge >= 0.3 is 5.97 Å². The van der Waals surface area contributed by atoms with Crippen LogP contribution in [-0.2, 0) is 4.79 Å². The van der Waals surface area contributed by atoms with Crippen molar-refractivity contribution in [3.63, 3.8) is 0 Å². The fourth-order valence-electron chi connectivity index (χ4n) is 4.15. The fourth-order valence-corrected chi connectivity index (χ4v) is 4.15. The number of hydrogen-bond acceptors (Lipinski definition) is 3. The number of carbonyl (C=O) groups is 2. The average Bonchev–Trinajstić information content (AvgIpc) is 3.21. The topological polar surface area (TPSA) is 84.2 Å². The Morgan fingerprint density at radius 2 is 2.14 bits per heavy atom. The molecule has 1 aromatic rings. The summed E-state index contributed by atoms with van der Waals surface area (Å²) in [6.45, 7) is 3.82. The molecule has 2 fully saturated rings. The largest absolute Gasteiger partial charge is 0.476 e. The first kappa shape index (κ1) is 15.1. The van der Waals surface area contributed by atoms with E-state index in [-0.39, 0.29) is 17.6 Å². The van der Waals surface area contributed by atoms with Gasteiger partial charge in [-0.1, -0.05) is 6.42 Å². The van der Waals surface area contributed by atoms with Gasteiger partial charge in [-0.15, -0.1) is 0 Å². The summed E-state index contributed by atoms with van der Waals surface area (Å²) in [5.41, 5.74) is -0.0409. The maximum absolute atomic E-state index is 12.4. The lowest BCUT2D eigenvalue weighted by Crippen LogP contribution is -2.43. The molecule has 3 rings (SSSR count). The van der Waals surface area contributed by atoms with Gasteiger partial charge in [0.15, 0.2) is 5.69 Å². The summed E-state index contributed by atoms with van der Waals surface area (Å²) in [5, 5.41) is 15.9. The third kappa shape index (κ3) is 2.74. The maximum Gasteiger partial charge on any atom is 0.356 e. The summed E-state index contributed by atoms with van der Waals surface area (Å²) < 4.78 is 1.41. The van der Waals surface area contributed by atoms with Crippen molar-refractivity contribution in [3.8, 4) is 0 Å². The molecular formula is C16H23N3O3. The van der Waals surface area contributed by atoms with Crippen LogP contribution in [0.5, 0.6) is 0 Å². The van der Waals surface area contributed by atoms with Crippen molar-refractivity contribution in [1.82, 2.24) is 15.1 Å². The molecule has 120 valence electrons. The lowest BCUT2D eigenvalue weighted by Gasteiger charge is -2.29. The highest BCUT2D eigenvalue weighted by Gasteiger charge is 2.42. The van der Waals surface area contributed by atoms with E-state index < -0.39 is 12.0 Å². The van der Waals surface area contributed by atoms with Crippen molar-refractivity contribution in [2.75, 3.05) is 0 Å². The fraction of sp³-hybridized carbons (Fsp3) is 0.688. The number of fused-ring (bicyclic) bond motifs is 2. The Morgan fingerprint density at radius 3 is 2.68 bits per heavy atom. The molecule has 5 atom stereocenters. The van der Waals surface area contributed by atoms with Crippen molar-refractivity contribution in [2.24, 2.45) is 17.8 Å². The van der Waals surface area contributed by atoms with E-state index in [1.54, 1.807) is 6.92 Å². The van der Waals surface area contributed by atoms with Gasteiger partial charge in [0.25, 0.3) is 0 Å². The highest BCUT2D eigenvalue weighted by atomic mass is 16.4.